The standard InChI is InChI=1S/C11H18N4/c1-11(2,9-12)4-6-15-7-5-14-10(15)8-13-3/h5,7,13H,4,6,8H2,1-3H3. The Morgan fingerprint density at radius 3 is 2.93 bits per heavy atom. The number of hydrogen-bond acceptors (Lipinski definition) is 3. The molecule has 0 bridgehead atoms. The quantitative estimate of drug-likeness (QED) is 0.795. The average molecular weight is 206 g/mol. The highest BCUT2D eigenvalue weighted by Gasteiger charge is 2.16. The maximum absolute atomic E-state index is 8.91. The lowest BCUT2D eigenvalue weighted by atomic mass is 9.91. The minimum Gasteiger partial charge on any atom is -0.334 e. The van der Waals surface area contributed by atoms with Crippen LogP contribution >= 0.6 is 0 Å². The highest BCUT2D eigenvalue weighted by Crippen LogP contribution is 2.19. The van der Waals surface area contributed by atoms with Crippen LogP contribution in [0.25, 0.3) is 0 Å². The monoisotopic (exact) mass is 206 g/mol. The molecule has 1 rings (SSSR count). The lowest BCUT2D eigenvalue weighted by Gasteiger charge is -2.16. The van der Waals surface area contributed by atoms with E-state index in [4.69, 9.17) is 5.26 Å². The largest absolute Gasteiger partial charge is 0.334 e. The normalized spacial score (nSPS) is 11.3. The van der Waals surface area contributed by atoms with E-state index in [0.717, 1.165) is 25.3 Å². The van der Waals surface area contributed by atoms with E-state index in [1.807, 2.05) is 27.1 Å². The van der Waals surface area contributed by atoms with Crippen molar-refractivity contribution in [2.24, 2.45) is 5.41 Å². The van der Waals surface area contributed by atoms with Gasteiger partial charge in [0.2, 0.25) is 0 Å². The van der Waals surface area contributed by atoms with Crippen LogP contribution in [-0.4, -0.2) is 16.6 Å². The smallest absolute Gasteiger partial charge is 0.122 e. The Balaban J connectivity index is 2.58. The number of aromatic nitrogens is 2. The predicted octanol–water partition coefficient (Wildman–Crippen LogP) is 1.54. The van der Waals surface area contributed by atoms with Gasteiger partial charge in [-0.1, -0.05) is 0 Å². The molecule has 1 aromatic rings. The van der Waals surface area contributed by atoms with Crippen LogP contribution in [0.3, 0.4) is 0 Å². The van der Waals surface area contributed by atoms with Crippen LogP contribution in [0.5, 0.6) is 0 Å². The van der Waals surface area contributed by atoms with Crippen LogP contribution in [-0.2, 0) is 13.1 Å². The summed E-state index contributed by atoms with van der Waals surface area (Å²) in [6.45, 7) is 5.53. The van der Waals surface area contributed by atoms with Gasteiger partial charge in [-0.25, -0.2) is 4.98 Å². The molecule has 0 amide bonds. The molecule has 0 fully saturated rings. The first-order valence-corrected chi connectivity index (χ1v) is 5.15. The van der Waals surface area contributed by atoms with Gasteiger partial charge in [0, 0.05) is 18.9 Å². The minimum atomic E-state index is -0.263. The van der Waals surface area contributed by atoms with Gasteiger partial charge in [-0.3, -0.25) is 0 Å². The van der Waals surface area contributed by atoms with Crippen molar-refractivity contribution in [3.63, 3.8) is 0 Å². The second kappa shape index (κ2) is 4.94. The highest BCUT2D eigenvalue weighted by atomic mass is 15.1. The number of nitriles is 1. The summed E-state index contributed by atoms with van der Waals surface area (Å²) in [6.07, 6.45) is 4.60. The molecule has 0 aliphatic heterocycles. The van der Waals surface area contributed by atoms with E-state index in [2.05, 4.69) is 20.9 Å². The van der Waals surface area contributed by atoms with E-state index in [1.54, 1.807) is 6.20 Å². The zero-order valence-corrected chi connectivity index (χ0v) is 9.62. The van der Waals surface area contributed by atoms with Crippen molar-refractivity contribution in [2.75, 3.05) is 7.05 Å². The third kappa shape index (κ3) is 3.37. The van der Waals surface area contributed by atoms with Gasteiger partial charge in [0.25, 0.3) is 0 Å². The Bertz CT molecular complexity index is 346. The molecule has 0 radical (unpaired) electrons. The molecule has 0 atom stereocenters. The Kier molecular flexibility index (Phi) is 3.87. The summed E-state index contributed by atoms with van der Waals surface area (Å²) >= 11 is 0. The fourth-order valence-corrected chi connectivity index (χ4v) is 1.32. The van der Waals surface area contributed by atoms with Crippen molar-refractivity contribution in [2.45, 2.75) is 33.4 Å². The molecule has 0 saturated carbocycles. The van der Waals surface area contributed by atoms with Gasteiger partial charge in [0.15, 0.2) is 0 Å². The lowest BCUT2D eigenvalue weighted by Crippen LogP contribution is -2.16. The maximum atomic E-state index is 8.91. The summed E-state index contributed by atoms with van der Waals surface area (Å²) in [4.78, 5) is 4.25. The molecule has 1 heterocycles. The minimum absolute atomic E-state index is 0.263. The van der Waals surface area contributed by atoms with Crippen LogP contribution in [0.4, 0.5) is 0 Å². The number of aryl methyl sites for hydroxylation is 1. The highest BCUT2D eigenvalue weighted by molar-refractivity contribution is 4.95. The predicted molar refractivity (Wildman–Crippen MR) is 59.0 cm³/mol. The molecule has 15 heavy (non-hydrogen) atoms. The first-order chi connectivity index (χ1) is 7.09. The van der Waals surface area contributed by atoms with E-state index < -0.39 is 0 Å². The van der Waals surface area contributed by atoms with Crippen molar-refractivity contribution in [1.29, 1.82) is 5.26 Å². The Morgan fingerprint density at radius 2 is 2.33 bits per heavy atom. The third-order valence-electron chi connectivity index (χ3n) is 2.42. The zero-order chi connectivity index (χ0) is 11.3. The fraction of sp³-hybridized carbons (Fsp3) is 0.636. The molecule has 4 heteroatoms. The second-order valence-electron chi connectivity index (χ2n) is 4.31. The van der Waals surface area contributed by atoms with Gasteiger partial charge in [-0.2, -0.15) is 5.26 Å². The van der Waals surface area contributed by atoms with Gasteiger partial charge in [-0.05, 0) is 27.3 Å². The Hall–Kier alpha value is -1.34. The van der Waals surface area contributed by atoms with Crippen LogP contribution in [0.15, 0.2) is 12.4 Å². The SMILES string of the molecule is CNCc1nccn1CCC(C)(C)C#N. The van der Waals surface area contributed by atoms with Gasteiger partial charge < -0.3 is 9.88 Å². The average Bonchev–Trinajstić information content (AvgIpc) is 2.64. The number of hydrogen-bond donors (Lipinski definition) is 1. The molecular weight excluding hydrogens is 188 g/mol. The fourth-order valence-electron chi connectivity index (χ4n) is 1.32. The topological polar surface area (TPSA) is 53.6 Å². The van der Waals surface area contributed by atoms with E-state index in [0.29, 0.717) is 0 Å². The van der Waals surface area contributed by atoms with Crippen LogP contribution in [0, 0.1) is 16.7 Å². The molecule has 1 aromatic heterocycles. The van der Waals surface area contributed by atoms with Crippen LogP contribution in [0.1, 0.15) is 26.1 Å². The van der Waals surface area contributed by atoms with E-state index >= 15 is 0 Å². The van der Waals surface area contributed by atoms with Crippen molar-refractivity contribution in [3.8, 4) is 6.07 Å². The van der Waals surface area contributed by atoms with Gasteiger partial charge in [-0.15, -0.1) is 0 Å². The van der Waals surface area contributed by atoms with Crippen molar-refractivity contribution >= 4 is 0 Å². The molecule has 1 N–H and O–H groups in total. The molecule has 0 aliphatic rings. The van der Waals surface area contributed by atoms with E-state index in [9.17, 15) is 0 Å². The van der Waals surface area contributed by atoms with E-state index in [1.165, 1.54) is 0 Å². The first kappa shape index (κ1) is 11.7. The second-order valence-corrected chi connectivity index (χ2v) is 4.31. The number of nitrogens with zero attached hydrogens (tertiary/aromatic N) is 3. The van der Waals surface area contributed by atoms with Gasteiger partial charge >= 0.3 is 0 Å². The zero-order valence-electron chi connectivity index (χ0n) is 9.62. The number of rotatable bonds is 5. The molecule has 0 spiro atoms. The molecular formula is C11H18N4. The third-order valence-corrected chi connectivity index (χ3v) is 2.42. The Labute approximate surface area is 90.9 Å². The summed E-state index contributed by atoms with van der Waals surface area (Å²) in [5, 5.41) is 12.0. The molecule has 0 aliphatic carbocycles. The van der Waals surface area contributed by atoms with E-state index in [-0.39, 0.29) is 5.41 Å². The summed E-state index contributed by atoms with van der Waals surface area (Å²) in [5.74, 6) is 1.02. The Morgan fingerprint density at radius 1 is 1.60 bits per heavy atom. The number of nitrogens with one attached hydrogen (secondary N) is 1. The van der Waals surface area contributed by atoms with Gasteiger partial charge in [0.1, 0.15) is 5.82 Å². The summed E-state index contributed by atoms with van der Waals surface area (Å²) in [7, 11) is 1.90. The molecule has 0 saturated heterocycles. The maximum Gasteiger partial charge on any atom is 0.122 e. The summed E-state index contributed by atoms with van der Waals surface area (Å²) in [6, 6.07) is 2.31. The van der Waals surface area contributed by atoms with Crippen LogP contribution < -0.4 is 5.32 Å². The van der Waals surface area contributed by atoms with Crippen molar-refractivity contribution < 1.29 is 0 Å². The van der Waals surface area contributed by atoms with Crippen molar-refractivity contribution in [3.05, 3.63) is 18.2 Å². The summed E-state index contributed by atoms with van der Waals surface area (Å²) < 4.78 is 2.09. The number of imidazole rings is 1. The molecule has 82 valence electrons. The van der Waals surface area contributed by atoms with Crippen molar-refractivity contribution in [1.82, 2.24) is 14.9 Å². The molecule has 0 aromatic carbocycles. The van der Waals surface area contributed by atoms with Gasteiger partial charge in [0.05, 0.1) is 18.0 Å². The van der Waals surface area contributed by atoms with Crippen LogP contribution in [0.2, 0.25) is 0 Å². The molecule has 0 unspecified atom stereocenters. The molecule has 4 nitrogen and oxygen atoms in total. The lowest BCUT2D eigenvalue weighted by molar-refractivity contribution is 0.407. The first-order valence-electron chi connectivity index (χ1n) is 5.15. The summed E-state index contributed by atoms with van der Waals surface area (Å²) in [5.41, 5.74) is -0.263.